The lowest BCUT2D eigenvalue weighted by atomic mass is 10.0. The number of benzene rings is 1. The first-order valence-corrected chi connectivity index (χ1v) is 6.16. The minimum absolute atomic E-state index is 0.111. The number of hydrogen-bond donors (Lipinski definition) is 3. The highest BCUT2D eigenvalue weighted by molar-refractivity contribution is 6.31. The van der Waals surface area contributed by atoms with Gasteiger partial charge in [-0.05, 0) is 38.0 Å². The SMILES string of the molecule is CC(C)NC1CC(c2ccc(F)cc2Cl)NN1. The van der Waals surface area contributed by atoms with Crippen molar-refractivity contribution in [2.75, 3.05) is 0 Å². The van der Waals surface area contributed by atoms with Gasteiger partial charge in [-0.25, -0.2) is 15.2 Å². The number of hydrazine groups is 1. The lowest BCUT2D eigenvalue weighted by Gasteiger charge is -2.15. The van der Waals surface area contributed by atoms with E-state index in [-0.39, 0.29) is 18.0 Å². The molecule has 0 aromatic heterocycles. The van der Waals surface area contributed by atoms with Crippen LogP contribution in [0.5, 0.6) is 0 Å². The Bertz CT molecular complexity index is 397. The van der Waals surface area contributed by atoms with Crippen LogP contribution >= 0.6 is 11.6 Å². The van der Waals surface area contributed by atoms with Gasteiger partial charge in [0.05, 0.1) is 12.2 Å². The summed E-state index contributed by atoms with van der Waals surface area (Å²) in [6.07, 6.45) is 1.09. The average Bonchev–Trinajstić information content (AvgIpc) is 2.65. The predicted molar refractivity (Wildman–Crippen MR) is 67.1 cm³/mol. The molecule has 3 nitrogen and oxygen atoms in total. The second kappa shape index (κ2) is 5.31. The molecular weight excluding hydrogens is 241 g/mol. The summed E-state index contributed by atoms with van der Waals surface area (Å²) in [6.45, 7) is 4.19. The molecule has 3 N–H and O–H groups in total. The molecule has 1 fully saturated rings. The van der Waals surface area contributed by atoms with E-state index in [2.05, 4.69) is 30.0 Å². The summed E-state index contributed by atoms with van der Waals surface area (Å²) >= 11 is 6.03. The third-order valence-electron chi connectivity index (χ3n) is 2.78. The fourth-order valence-corrected chi connectivity index (χ4v) is 2.35. The van der Waals surface area contributed by atoms with Crippen LogP contribution < -0.4 is 16.2 Å². The van der Waals surface area contributed by atoms with Gasteiger partial charge in [0.1, 0.15) is 5.82 Å². The number of hydrogen-bond acceptors (Lipinski definition) is 3. The summed E-state index contributed by atoms with van der Waals surface area (Å²) in [7, 11) is 0. The van der Waals surface area contributed by atoms with Crippen molar-refractivity contribution in [2.45, 2.75) is 38.5 Å². The van der Waals surface area contributed by atoms with Crippen LogP contribution in [0.15, 0.2) is 18.2 Å². The molecule has 2 unspecified atom stereocenters. The summed E-state index contributed by atoms with van der Waals surface area (Å²) in [5, 5.41) is 3.85. The molecule has 0 bridgehead atoms. The normalized spacial score (nSPS) is 24.5. The Morgan fingerprint density at radius 1 is 1.41 bits per heavy atom. The van der Waals surface area contributed by atoms with Crippen LogP contribution in [-0.2, 0) is 0 Å². The molecule has 1 aliphatic rings. The fourth-order valence-electron chi connectivity index (χ4n) is 2.06. The van der Waals surface area contributed by atoms with Gasteiger partial charge in [-0.15, -0.1) is 0 Å². The zero-order valence-electron chi connectivity index (χ0n) is 9.93. The molecule has 1 aromatic rings. The van der Waals surface area contributed by atoms with Gasteiger partial charge in [-0.2, -0.15) is 0 Å². The van der Waals surface area contributed by atoms with E-state index in [1.807, 2.05) is 0 Å². The smallest absolute Gasteiger partial charge is 0.124 e. The highest BCUT2D eigenvalue weighted by Gasteiger charge is 2.26. The minimum Gasteiger partial charge on any atom is -0.299 e. The van der Waals surface area contributed by atoms with Crippen LogP contribution in [0.2, 0.25) is 5.02 Å². The van der Waals surface area contributed by atoms with Gasteiger partial charge in [-0.3, -0.25) is 5.32 Å². The second-order valence-electron chi connectivity index (χ2n) is 4.62. The fraction of sp³-hybridized carbons (Fsp3) is 0.500. The van der Waals surface area contributed by atoms with Gasteiger partial charge in [0, 0.05) is 11.1 Å². The molecule has 0 aliphatic carbocycles. The van der Waals surface area contributed by atoms with E-state index < -0.39 is 0 Å². The van der Waals surface area contributed by atoms with Gasteiger partial charge >= 0.3 is 0 Å². The van der Waals surface area contributed by atoms with E-state index in [0.717, 1.165) is 12.0 Å². The van der Waals surface area contributed by atoms with Crippen molar-refractivity contribution in [3.63, 3.8) is 0 Å². The minimum atomic E-state index is -0.304. The van der Waals surface area contributed by atoms with Crippen molar-refractivity contribution in [1.29, 1.82) is 0 Å². The molecule has 1 heterocycles. The van der Waals surface area contributed by atoms with E-state index in [0.29, 0.717) is 11.1 Å². The molecule has 1 aromatic carbocycles. The molecule has 0 spiro atoms. The van der Waals surface area contributed by atoms with Gasteiger partial charge < -0.3 is 0 Å². The summed E-state index contributed by atoms with van der Waals surface area (Å²) in [4.78, 5) is 0. The molecule has 0 saturated carbocycles. The Morgan fingerprint density at radius 3 is 2.82 bits per heavy atom. The Hall–Kier alpha value is -0.680. The van der Waals surface area contributed by atoms with Crippen LogP contribution in [-0.4, -0.2) is 12.2 Å². The molecule has 5 heteroatoms. The summed E-state index contributed by atoms with van der Waals surface area (Å²) in [6, 6.07) is 5.04. The lowest BCUT2D eigenvalue weighted by molar-refractivity contribution is 0.421. The zero-order valence-corrected chi connectivity index (χ0v) is 10.7. The Balaban J connectivity index is 2.05. The van der Waals surface area contributed by atoms with E-state index >= 15 is 0 Å². The maximum absolute atomic E-state index is 13.0. The standard InChI is InChI=1S/C12H17ClFN3/c1-7(2)15-12-6-11(16-17-12)9-4-3-8(14)5-10(9)13/h3-5,7,11-12,15-17H,6H2,1-2H3. The van der Waals surface area contributed by atoms with Crippen molar-refractivity contribution in [3.05, 3.63) is 34.6 Å². The second-order valence-corrected chi connectivity index (χ2v) is 5.02. The van der Waals surface area contributed by atoms with Crippen molar-refractivity contribution in [3.8, 4) is 0 Å². The number of rotatable bonds is 3. The predicted octanol–water partition coefficient (Wildman–Crippen LogP) is 2.34. The van der Waals surface area contributed by atoms with Crippen molar-refractivity contribution in [1.82, 2.24) is 16.2 Å². The van der Waals surface area contributed by atoms with E-state index in [1.165, 1.54) is 12.1 Å². The van der Waals surface area contributed by atoms with Gasteiger partial charge in [0.2, 0.25) is 0 Å². The zero-order chi connectivity index (χ0) is 12.4. The molecular formula is C12H17ClFN3. The molecule has 1 saturated heterocycles. The molecule has 1 aliphatic heterocycles. The Kier molecular flexibility index (Phi) is 3.99. The molecule has 17 heavy (non-hydrogen) atoms. The van der Waals surface area contributed by atoms with Crippen LogP contribution in [0, 0.1) is 5.82 Å². The average molecular weight is 258 g/mol. The van der Waals surface area contributed by atoms with Crippen molar-refractivity contribution in [2.24, 2.45) is 0 Å². The van der Waals surface area contributed by atoms with Gasteiger partial charge in [0.15, 0.2) is 0 Å². The van der Waals surface area contributed by atoms with Gasteiger partial charge in [-0.1, -0.05) is 17.7 Å². The third kappa shape index (κ3) is 3.16. The largest absolute Gasteiger partial charge is 0.299 e. The first-order valence-electron chi connectivity index (χ1n) is 5.78. The van der Waals surface area contributed by atoms with Crippen LogP contribution in [0.3, 0.4) is 0 Å². The summed E-state index contributed by atoms with van der Waals surface area (Å²) in [5.74, 6) is -0.304. The molecule has 2 atom stereocenters. The first-order chi connectivity index (χ1) is 8.06. The van der Waals surface area contributed by atoms with Crippen molar-refractivity contribution < 1.29 is 4.39 Å². The lowest BCUT2D eigenvalue weighted by Crippen LogP contribution is -2.44. The monoisotopic (exact) mass is 257 g/mol. The highest BCUT2D eigenvalue weighted by Crippen LogP contribution is 2.28. The number of nitrogens with one attached hydrogen (secondary N) is 3. The molecule has 0 radical (unpaired) electrons. The Labute approximate surface area is 106 Å². The van der Waals surface area contributed by atoms with E-state index in [4.69, 9.17) is 11.6 Å². The summed E-state index contributed by atoms with van der Waals surface area (Å²) in [5.41, 5.74) is 7.26. The number of halogens is 2. The maximum Gasteiger partial charge on any atom is 0.124 e. The maximum atomic E-state index is 13.0. The molecule has 0 amide bonds. The summed E-state index contributed by atoms with van der Waals surface area (Å²) < 4.78 is 13.0. The van der Waals surface area contributed by atoms with Crippen LogP contribution in [0.4, 0.5) is 4.39 Å². The van der Waals surface area contributed by atoms with E-state index in [1.54, 1.807) is 6.07 Å². The van der Waals surface area contributed by atoms with Gasteiger partial charge in [0.25, 0.3) is 0 Å². The topological polar surface area (TPSA) is 36.1 Å². The first kappa shape index (κ1) is 12.8. The molecule has 94 valence electrons. The van der Waals surface area contributed by atoms with Crippen molar-refractivity contribution >= 4 is 11.6 Å². The van der Waals surface area contributed by atoms with Crippen LogP contribution in [0.25, 0.3) is 0 Å². The quantitative estimate of drug-likeness (QED) is 0.778. The third-order valence-corrected chi connectivity index (χ3v) is 3.10. The molecule has 2 rings (SSSR count). The van der Waals surface area contributed by atoms with E-state index in [9.17, 15) is 4.39 Å². The Morgan fingerprint density at radius 2 is 2.18 bits per heavy atom. The highest BCUT2D eigenvalue weighted by atomic mass is 35.5. The van der Waals surface area contributed by atoms with Crippen LogP contribution in [0.1, 0.15) is 31.9 Å².